The van der Waals surface area contributed by atoms with Crippen molar-refractivity contribution in [1.29, 1.82) is 0 Å². The molecule has 0 bridgehead atoms. The number of nitrogens with zero attached hydrogens (tertiary/aromatic N) is 2. The molecule has 0 unspecified atom stereocenters. The van der Waals surface area contributed by atoms with Gasteiger partial charge in [0, 0.05) is 24.9 Å². The Morgan fingerprint density at radius 1 is 1.06 bits per heavy atom. The maximum Gasteiger partial charge on any atom is 0.185 e. The van der Waals surface area contributed by atoms with Gasteiger partial charge in [-0.2, -0.15) is 0 Å². The molecule has 4 nitrogen and oxygen atoms in total. The van der Waals surface area contributed by atoms with Crippen LogP contribution < -0.4 is 4.90 Å². The van der Waals surface area contributed by atoms with Crippen molar-refractivity contribution >= 4 is 49.5 Å². The summed E-state index contributed by atoms with van der Waals surface area (Å²) in [7, 11) is -3.65. The van der Waals surface area contributed by atoms with E-state index in [0.717, 1.165) is 28.5 Å². The van der Waals surface area contributed by atoms with Crippen LogP contribution in [-0.4, -0.2) is 31.7 Å². The first kappa shape index (κ1) is 22.5. The molecule has 1 saturated heterocycles. The Hall–Kier alpha value is -1.74. The van der Waals surface area contributed by atoms with Crippen molar-refractivity contribution in [3.63, 3.8) is 0 Å². The van der Waals surface area contributed by atoms with Crippen LogP contribution >= 0.6 is 34.5 Å². The number of rotatable bonds is 5. The van der Waals surface area contributed by atoms with Crippen molar-refractivity contribution in [3.8, 4) is 0 Å². The maximum atomic E-state index is 13.6. The van der Waals surface area contributed by atoms with Crippen LogP contribution in [0.15, 0.2) is 46.7 Å². The molecule has 1 aliphatic heterocycles. The molecule has 3 aromatic rings. The largest absolute Gasteiger partial charge is 0.348 e. The summed E-state index contributed by atoms with van der Waals surface area (Å²) in [6.45, 7) is 1.07. The lowest BCUT2D eigenvalue weighted by molar-refractivity contribution is 0.529. The summed E-state index contributed by atoms with van der Waals surface area (Å²) in [5, 5.41) is 2.14. The minimum atomic E-state index is -3.65. The number of thiazole rings is 1. The summed E-state index contributed by atoms with van der Waals surface area (Å²) < 4.78 is 52.8. The van der Waals surface area contributed by atoms with E-state index < -0.39 is 26.7 Å². The molecule has 1 aromatic heterocycles. The average Bonchev–Trinajstić information content (AvgIpc) is 3.19. The second kappa shape index (κ2) is 9.02. The first-order valence-electron chi connectivity index (χ1n) is 9.56. The highest BCUT2D eigenvalue weighted by Gasteiger charge is 2.33. The smallest absolute Gasteiger partial charge is 0.185 e. The van der Waals surface area contributed by atoms with Gasteiger partial charge in [0.15, 0.2) is 15.0 Å². The van der Waals surface area contributed by atoms with Crippen LogP contribution in [0, 0.1) is 11.6 Å². The predicted molar refractivity (Wildman–Crippen MR) is 120 cm³/mol. The quantitative estimate of drug-likeness (QED) is 0.416. The second-order valence-electron chi connectivity index (χ2n) is 7.35. The highest BCUT2D eigenvalue weighted by molar-refractivity contribution is 7.92. The van der Waals surface area contributed by atoms with Gasteiger partial charge >= 0.3 is 0 Å². The highest BCUT2D eigenvalue weighted by atomic mass is 35.5. The first-order valence-corrected chi connectivity index (χ1v) is 12.7. The topological polar surface area (TPSA) is 50.3 Å². The van der Waals surface area contributed by atoms with E-state index in [1.807, 2.05) is 5.38 Å². The molecule has 0 aliphatic carbocycles. The SMILES string of the molecule is O=S(=O)(c1ccc(F)cc1Cl)C1CCN(c2nc(Cc3ccc(Cl)c(F)c3)cs2)CC1. The Bertz CT molecular complexity index is 1210. The van der Waals surface area contributed by atoms with Crippen molar-refractivity contribution < 1.29 is 17.2 Å². The molecule has 0 radical (unpaired) electrons. The second-order valence-corrected chi connectivity index (χ2v) is 11.2. The molecule has 31 heavy (non-hydrogen) atoms. The fraction of sp³-hybridized carbons (Fsp3) is 0.286. The molecule has 1 fully saturated rings. The third-order valence-corrected chi connectivity index (χ3v) is 9.26. The van der Waals surface area contributed by atoms with Crippen LogP contribution in [0.25, 0.3) is 0 Å². The molecule has 10 heteroatoms. The fourth-order valence-corrected chi connectivity index (χ4v) is 6.89. The van der Waals surface area contributed by atoms with Crippen molar-refractivity contribution in [2.75, 3.05) is 18.0 Å². The van der Waals surface area contributed by atoms with E-state index in [1.165, 1.54) is 29.5 Å². The van der Waals surface area contributed by atoms with E-state index in [0.29, 0.717) is 32.4 Å². The molecular weight excluding hydrogens is 485 g/mol. The minimum Gasteiger partial charge on any atom is -0.348 e. The molecule has 164 valence electrons. The van der Waals surface area contributed by atoms with Gasteiger partial charge in [-0.1, -0.05) is 29.3 Å². The average molecular weight is 503 g/mol. The minimum absolute atomic E-state index is 0.0271. The molecule has 0 saturated carbocycles. The first-order chi connectivity index (χ1) is 14.7. The molecule has 2 heterocycles. The standard InChI is InChI=1S/C21H18Cl2F2N2O2S2/c22-17-3-1-13(10-19(17)25)9-15-12-30-21(26-15)27-7-5-16(6-8-27)31(28,29)20-4-2-14(24)11-18(20)23/h1-4,10-12,16H,5-9H2. The van der Waals surface area contributed by atoms with Gasteiger partial charge in [-0.15, -0.1) is 11.3 Å². The molecule has 1 aliphatic rings. The maximum absolute atomic E-state index is 13.6. The number of anilines is 1. The van der Waals surface area contributed by atoms with Crippen LogP contribution in [0.3, 0.4) is 0 Å². The summed E-state index contributed by atoms with van der Waals surface area (Å²) in [6, 6.07) is 8.05. The van der Waals surface area contributed by atoms with Gasteiger partial charge in [-0.25, -0.2) is 22.2 Å². The zero-order chi connectivity index (χ0) is 22.2. The Morgan fingerprint density at radius 3 is 2.48 bits per heavy atom. The highest BCUT2D eigenvalue weighted by Crippen LogP contribution is 2.32. The fourth-order valence-electron chi connectivity index (χ4n) is 3.62. The van der Waals surface area contributed by atoms with Crippen molar-refractivity contribution in [1.82, 2.24) is 4.98 Å². The van der Waals surface area contributed by atoms with Crippen molar-refractivity contribution in [2.24, 2.45) is 0 Å². The molecular formula is C21H18Cl2F2N2O2S2. The van der Waals surface area contributed by atoms with Gasteiger partial charge in [-0.3, -0.25) is 0 Å². The van der Waals surface area contributed by atoms with Crippen LogP contribution in [-0.2, 0) is 16.3 Å². The summed E-state index contributed by atoms with van der Waals surface area (Å²) in [5.41, 5.74) is 1.59. The lowest BCUT2D eigenvalue weighted by atomic mass is 10.1. The van der Waals surface area contributed by atoms with Gasteiger partial charge in [-0.05, 0) is 48.7 Å². The van der Waals surface area contributed by atoms with Gasteiger partial charge < -0.3 is 4.90 Å². The lowest BCUT2D eigenvalue weighted by Crippen LogP contribution is -2.39. The summed E-state index contributed by atoms with van der Waals surface area (Å²) in [6.07, 6.45) is 1.33. The van der Waals surface area contributed by atoms with E-state index in [9.17, 15) is 17.2 Å². The Labute approximate surface area is 193 Å². The Balaban J connectivity index is 1.41. The van der Waals surface area contributed by atoms with Gasteiger partial charge in [0.2, 0.25) is 0 Å². The number of hydrogen-bond acceptors (Lipinski definition) is 5. The Kier molecular flexibility index (Phi) is 6.53. The zero-order valence-electron chi connectivity index (χ0n) is 16.2. The molecule has 0 atom stereocenters. The molecule has 4 rings (SSSR count). The monoisotopic (exact) mass is 502 g/mol. The molecule has 0 N–H and O–H groups in total. The number of piperidine rings is 1. The third-order valence-electron chi connectivity index (χ3n) is 5.26. The molecule has 0 amide bonds. The van der Waals surface area contributed by atoms with E-state index in [4.69, 9.17) is 23.2 Å². The lowest BCUT2D eigenvalue weighted by Gasteiger charge is -2.31. The number of halogens is 4. The van der Waals surface area contributed by atoms with Crippen molar-refractivity contribution in [3.05, 3.63) is 74.7 Å². The van der Waals surface area contributed by atoms with Crippen LogP contribution in [0.1, 0.15) is 24.1 Å². The number of sulfone groups is 1. The predicted octanol–water partition coefficient (Wildman–Crippen LogP) is 5.76. The third kappa shape index (κ3) is 4.87. The van der Waals surface area contributed by atoms with E-state index in [2.05, 4.69) is 9.88 Å². The molecule has 0 spiro atoms. The van der Waals surface area contributed by atoms with Crippen LogP contribution in [0.2, 0.25) is 10.0 Å². The normalized spacial score (nSPS) is 15.4. The summed E-state index contributed by atoms with van der Waals surface area (Å²) in [4.78, 5) is 6.65. The number of hydrogen-bond donors (Lipinski definition) is 0. The van der Waals surface area contributed by atoms with Gasteiger partial charge in [0.25, 0.3) is 0 Å². The number of aromatic nitrogens is 1. The van der Waals surface area contributed by atoms with Gasteiger partial charge in [0.1, 0.15) is 11.6 Å². The van der Waals surface area contributed by atoms with Crippen LogP contribution in [0.5, 0.6) is 0 Å². The van der Waals surface area contributed by atoms with Gasteiger partial charge in [0.05, 0.1) is 25.9 Å². The summed E-state index contributed by atoms with van der Waals surface area (Å²) in [5.74, 6) is -1.03. The van der Waals surface area contributed by atoms with E-state index in [1.54, 1.807) is 6.07 Å². The molecule has 2 aromatic carbocycles. The van der Waals surface area contributed by atoms with E-state index >= 15 is 0 Å². The number of benzene rings is 2. The summed E-state index contributed by atoms with van der Waals surface area (Å²) >= 11 is 13.2. The zero-order valence-corrected chi connectivity index (χ0v) is 19.3. The van der Waals surface area contributed by atoms with Crippen molar-refractivity contribution in [2.45, 2.75) is 29.4 Å². The Morgan fingerprint density at radius 2 is 1.81 bits per heavy atom. The van der Waals surface area contributed by atoms with Crippen LogP contribution in [0.4, 0.5) is 13.9 Å². The van der Waals surface area contributed by atoms with E-state index in [-0.39, 0.29) is 14.9 Å².